The number of nitrogens with one attached hydrogen (secondary N) is 1. The predicted molar refractivity (Wildman–Crippen MR) is 85.8 cm³/mol. The van der Waals surface area contributed by atoms with Gasteiger partial charge in [-0.25, -0.2) is 4.39 Å². The Morgan fingerprint density at radius 3 is 2.54 bits per heavy atom. The van der Waals surface area contributed by atoms with Crippen LogP contribution in [-0.2, 0) is 23.9 Å². The van der Waals surface area contributed by atoms with E-state index < -0.39 is 30.0 Å². The van der Waals surface area contributed by atoms with Crippen molar-refractivity contribution in [2.75, 3.05) is 0 Å². The van der Waals surface area contributed by atoms with Crippen molar-refractivity contribution >= 4 is 11.7 Å². The van der Waals surface area contributed by atoms with E-state index in [0.29, 0.717) is 30.3 Å². The van der Waals surface area contributed by atoms with Crippen LogP contribution in [0, 0.1) is 5.82 Å². The first-order valence-corrected chi connectivity index (χ1v) is 7.81. The molecule has 0 bridgehead atoms. The quantitative estimate of drug-likeness (QED) is 0.791. The summed E-state index contributed by atoms with van der Waals surface area (Å²) >= 11 is 0. The first-order valence-electron chi connectivity index (χ1n) is 7.81. The van der Waals surface area contributed by atoms with E-state index in [9.17, 15) is 27.2 Å². The van der Waals surface area contributed by atoms with Crippen molar-refractivity contribution in [2.24, 2.45) is 0 Å². The van der Waals surface area contributed by atoms with Gasteiger partial charge < -0.3 is 5.32 Å². The molecule has 0 saturated heterocycles. The molecule has 2 aromatic rings. The van der Waals surface area contributed by atoms with Crippen molar-refractivity contribution in [1.29, 1.82) is 0 Å². The Kier molecular flexibility index (Phi) is 6.07. The lowest BCUT2D eigenvalue weighted by molar-refractivity contribution is -0.137. The van der Waals surface area contributed by atoms with Gasteiger partial charge in [0.15, 0.2) is 0 Å². The fourth-order valence-electron chi connectivity index (χ4n) is 2.21. The smallest absolute Gasteiger partial charge is 0.348 e. The summed E-state index contributed by atoms with van der Waals surface area (Å²) in [6.45, 7) is 1.31. The zero-order chi connectivity index (χ0) is 19.3. The highest BCUT2D eigenvalue weighted by molar-refractivity contribution is 5.94. The number of nitrogens with zero attached hydrogens (tertiary/aromatic N) is 1. The number of Topliss-reactive ketones (excluding diaryl/α,β-unsaturated/α-hetero) is 1. The summed E-state index contributed by atoms with van der Waals surface area (Å²) in [4.78, 5) is 27.6. The van der Waals surface area contributed by atoms with Crippen molar-refractivity contribution in [2.45, 2.75) is 32.5 Å². The zero-order valence-electron chi connectivity index (χ0n) is 13.9. The standard InChI is InChI=1S/C18H16F4N2O2/c1-2-15(25)9-14-8-11(5-6-23-14)17(26)24-10-12-7-13(18(20,21)22)3-4-16(12)19/h3-8H,2,9-10H2,1H3,(H,24,26). The highest BCUT2D eigenvalue weighted by atomic mass is 19.4. The van der Waals surface area contributed by atoms with Gasteiger partial charge in [-0.05, 0) is 30.3 Å². The van der Waals surface area contributed by atoms with E-state index in [0.717, 1.165) is 0 Å². The van der Waals surface area contributed by atoms with Crippen molar-refractivity contribution in [3.05, 3.63) is 64.7 Å². The molecule has 1 amide bonds. The molecule has 138 valence electrons. The van der Waals surface area contributed by atoms with Gasteiger partial charge in [0.1, 0.15) is 11.6 Å². The van der Waals surface area contributed by atoms with E-state index in [1.807, 2.05) is 0 Å². The largest absolute Gasteiger partial charge is 0.416 e. The van der Waals surface area contributed by atoms with Gasteiger partial charge in [0, 0.05) is 42.4 Å². The fourth-order valence-corrected chi connectivity index (χ4v) is 2.21. The summed E-state index contributed by atoms with van der Waals surface area (Å²) in [5, 5.41) is 2.37. The van der Waals surface area contributed by atoms with Crippen LogP contribution in [0.5, 0.6) is 0 Å². The van der Waals surface area contributed by atoms with Crippen molar-refractivity contribution < 1.29 is 27.2 Å². The lowest BCUT2D eigenvalue weighted by atomic mass is 10.1. The summed E-state index contributed by atoms with van der Waals surface area (Å²) in [6.07, 6.45) is -2.82. The van der Waals surface area contributed by atoms with Crippen LogP contribution < -0.4 is 5.32 Å². The molecule has 26 heavy (non-hydrogen) atoms. The number of halogens is 4. The molecule has 0 aliphatic rings. The van der Waals surface area contributed by atoms with Crippen LogP contribution >= 0.6 is 0 Å². The third kappa shape index (κ3) is 5.11. The normalized spacial score (nSPS) is 11.3. The van der Waals surface area contributed by atoms with Crippen LogP contribution in [0.4, 0.5) is 17.6 Å². The number of rotatable bonds is 6. The average molecular weight is 368 g/mol. The van der Waals surface area contributed by atoms with Gasteiger partial charge >= 0.3 is 6.18 Å². The summed E-state index contributed by atoms with van der Waals surface area (Å²) in [5.41, 5.74) is -0.669. The van der Waals surface area contributed by atoms with Crippen molar-refractivity contribution in [1.82, 2.24) is 10.3 Å². The molecule has 0 unspecified atom stereocenters. The maximum Gasteiger partial charge on any atom is 0.416 e. The molecule has 1 aromatic heterocycles. The fraction of sp³-hybridized carbons (Fsp3) is 0.278. The molecule has 1 heterocycles. The van der Waals surface area contributed by atoms with E-state index in [1.165, 1.54) is 18.3 Å². The zero-order valence-corrected chi connectivity index (χ0v) is 13.9. The van der Waals surface area contributed by atoms with Gasteiger partial charge in [-0.1, -0.05) is 6.92 Å². The number of benzene rings is 1. The van der Waals surface area contributed by atoms with E-state index >= 15 is 0 Å². The molecule has 0 saturated carbocycles. The molecule has 0 spiro atoms. The predicted octanol–water partition coefficient (Wildman–Crippen LogP) is 3.69. The Bertz CT molecular complexity index is 819. The molecular formula is C18H16F4N2O2. The van der Waals surface area contributed by atoms with Crippen LogP contribution in [0.3, 0.4) is 0 Å². The third-order valence-electron chi connectivity index (χ3n) is 3.66. The molecule has 0 aliphatic heterocycles. The topological polar surface area (TPSA) is 59.1 Å². The minimum Gasteiger partial charge on any atom is -0.348 e. The Balaban J connectivity index is 2.09. The highest BCUT2D eigenvalue weighted by Crippen LogP contribution is 2.30. The minimum atomic E-state index is -4.60. The number of hydrogen-bond acceptors (Lipinski definition) is 3. The Labute approximate surface area is 147 Å². The second-order valence-corrected chi connectivity index (χ2v) is 5.59. The van der Waals surface area contributed by atoms with E-state index in [1.54, 1.807) is 6.92 Å². The van der Waals surface area contributed by atoms with Crippen LogP contribution in [0.25, 0.3) is 0 Å². The molecular weight excluding hydrogens is 352 g/mol. The Hall–Kier alpha value is -2.77. The molecule has 1 N–H and O–H groups in total. The molecule has 1 aromatic carbocycles. The lowest BCUT2D eigenvalue weighted by Gasteiger charge is -2.11. The maximum absolute atomic E-state index is 13.7. The van der Waals surface area contributed by atoms with Crippen molar-refractivity contribution in [3.63, 3.8) is 0 Å². The van der Waals surface area contributed by atoms with Gasteiger partial charge in [0.25, 0.3) is 5.91 Å². The Morgan fingerprint density at radius 1 is 1.15 bits per heavy atom. The molecule has 2 rings (SSSR count). The second kappa shape index (κ2) is 8.07. The summed E-state index contributed by atoms with van der Waals surface area (Å²) in [5.74, 6) is -1.49. The van der Waals surface area contributed by atoms with Crippen LogP contribution in [0.1, 0.15) is 40.5 Å². The van der Waals surface area contributed by atoms with Crippen LogP contribution in [-0.4, -0.2) is 16.7 Å². The number of carbonyl (C=O) groups is 2. The molecule has 8 heteroatoms. The third-order valence-corrected chi connectivity index (χ3v) is 3.66. The first kappa shape index (κ1) is 19.6. The van der Waals surface area contributed by atoms with Gasteiger partial charge in [-0.2, -0.15) is 13.2 Å². The van der Waals surface area contributed by atoms with Gasteiger partial charge in [-0.15, -0.1) is 0 Å². The number of pyridine rings is 1. The van der Waals surface area contributed by atoms with Crippen LogP contribution in [0.2, 0.25) is 0 Å². The SMILES string of the molecule is CCC(=O)Cc1cc(C(=O)NCc2cc(C(F)(F)F)ccc2F)ccn1. The molecule has 0 radical (unpaired) electrons. The number of amides is 1. The number of carbonyl (C=O) groups excluding carboxylic acids is 2. The second-order valence-electron chi connectivity index (χ2n) is 5.59. The lowest BCUT2D eigenvalue weighted by Crippen LogP contribution is -2.24. The molecule has 0 atom stereocenters. The van der Waals surface area contributed by atoms with E-state index in [-0.39, 0.29) is 23.3 Å². The highest BCUT2D eigenvalue weighted by Gasteiger charge is 2.31. The van der Waals surface area contributed by atoms with Gasteiger partial charge in [-0.3, -0.25) is 14.6 Å². The number of aromatic nitrogens is 1. The van der Waals surface area contributed by atoms with Gasteiger partial charge in [0.2, 0.25) is 0 Å². The average Bonchev–Trinajstić information content (AvgIpc) is 2.59. The van der Waals surface area contributed by atoms with E-state index in [4.69, 9.17) is 0 Å². The van der Waals surface area contributed by atoms with Crippen LogP contribution in [0.15, 0.2) is 36.5 Å². The maximum atomic E-state index is 13.7. The Morgan fingerprint density at radius 2 is 1.88 bits per heavy atom. The van der Waals surface area contributed by atoms with Crippen molar-refractivity contribution in [3.8, 4) is 0 Å². The molecule has 4 nitrogen and oxygen atoms in total. The first-order chi connectivity index (χ1) is 12.2. The summed E-state index contributed by atoms with van der Waals surface area (Å²) < 4.78 is 51.8. The minimum absolute atomic E-state index is 0.0407. The number of ketones is 1. The summed E-state index contributed by atoms with van der Waals surface area (Å²) in [6, 6.07) is 4.84. The number of hydrogen-bond donors (Lipinski definition) is 1. The van der Waals surface area contributed by atoms with Gasteiger partial charge in [0.05, 0.1) is 5.56 Å². The summed E-state index contributed by atoms with van der Waals surface area (Å²) in [7, 11) is 0. The number of alkyl halides is 3. The van der Waals surface area contributed by atoms with E-state index in [2.05, 4.69) is 10.3 Å². The molecule has 0 fully saturated rings. The molecule has 0 aliphatic carbocycles. The monoisotopic (exact) mass is 368 g/mol.